The number of ether oxygens (including phenoxy) is 3. The van der Waals surface area contributed by atoms with Gasteiger partial charge in [-0.2, -0.15) is 0 Å². The largest absolute Gasteiger partial charge is 0.494 e. The van der Waals surface area contributed by atoms with Crippen LogP contribution in [0.15, 0.2) is 18.2 Å². The van der Waals surface area contributed by atoms with Crippen molar-refractivity contribution in [2.24, 2.45) is 0 Å². The first-order valence-corrected chi connectivity index (χ1v) is 6.47. The lowest BCUT2D eigenvalue weighted by molar-refractivity contribution is -0.117. The summed E-state index contributed by atoms with van der Waals surface area (Å²) < 4.78 is 15.4. The van der Waals surface area contributed by atoms with Crippen LogP contribution in [0.25, 0.3) is 0 Å². The number of hydrogen-bond donors (Lipinski definition) is 2. The molecule has 112 valence electrons. The molecule has 1 amide bonds. The summed E-state index contributed by atoms with van der Waals surface area (Å²) in [6.45, 7) is 1.63. The Morgan fingerprint density at radius 2 is 2.05 bits per heavy atom. The van der Waals surface area contributed by atoms with Gasteiger partial charge in [-0.15, -0.1) is 0 Å². The predicted molar refractivity (Wildman–Crippen MR) is 78.0 cm³/mol. The van der Waals surface area contributed by atoms with Crippen molar-refractivity contribution < 1.29 is 19.0 Å². The van der Waals surface area contributed by atoms with E-state index in [1.54, 1.807) is 25.3 Å². The molecular formula is C14H22N2O4. The Morgan fingerprint density at radius 1 is 1.25 bits per heavy atom. The summed E-state index contributed by atoms with van der Waals surface area (Å²) in [6, 6.07) is 5.09. The van der Waals surface area contributed by atoms with Gasteiger partial charge in [0.2, 0.25) is 5.91 Å². The Balaban J connectivity index is 2.32. The van der Waals surface area contributed by atoms with Crippen LogP contribution < -0.4 is 15.8 Å². The van der Waals surface area contributed by atoms with Gasteiger partial charge in [0, 0.05) is 32.1 Å². The van der Waals surface area contributed by atoms with Crippen molar-refractivity contribution in [3.8, 4) is 5.75 Å². The van der Waals surface area contributed by atoms with Crippen molar-refractivity contribution in [3.05, 3.63) is 18.2 Å². The van der Waals surface area contributed by atoms with Gasteiger partial charge in [-0.05, 0) is 18.6 Å². The Kier molecular flexibility index (Phi) is 7.46. The molecule has 0 aliphatic carbocycles. The maximum Gasteiger partial charge on any atom is 0.226 e. The van der Waals surface area contributed by atoms with Crippen LogP contribution >= 0.6 is 0 Å². The lowest BCUT2D eigenvalue weighted by atomic mass is 10.2. The molecule has 6 nitrogen and oxygen atoms in total. The van der Waals surface area contributed by atoms with Crippen LogP contribution in [0.5, 0.6) is 5.75 Å². The highest BCUT2D eigenvalue weighted by Gasteiger charge is 2.07. The molecule has 1 aromatic rings. The zero-order valence-corrected chi connectivity index (χ0v) is 12.0. The fourth-order valence-corrected chi connectivity index (χ4v) is 1.60. The van der Waals surface area contributed by atoms with E-state index in [1.165, 1.54) is 7.11 Å². The van der Waals surface area contributed by atoms with Gasteiger partial charge in [0.1, 0.15) is 5.75 Å². The molecule has 20 heavy (non-hydrogen) atoms. The van der Waals surface area contributed by atoms with Crippen molar-refractivity contribution in [2.75, 3.05) is 45.1 Å². The Bertz CT molecular complexity index is 424. The molecule has 0 aromatic heterocycles. The first kappa shape index (κ1) is 16.3. The zero-order valence-electron chi connectivity index (χ0n) is 12.0. The van der Waals surface area contributed by atoms with Gasteiger partial charge in [0.25, 0.3) is 0 Å². The molecular weight excluding hydrogens is 260 g/mol. The fourth-order valence-electron chi connectivity index (χ4n) is 1.60. The normalized spacial score (nSPS) is 10.3. The molecule has 0 heterocycles. The van der Waals surface area contributed by atoms with Crippen LogP contribution in [0.2, 0.25) is 0 Å². The summed E-state index contributed by atoms with van der Waals surface area (Å²) in [6.07, 6.45) is 1.12. The van der Waals surface area contributed by atoms with Gasteiger partial charge in [-0.25, -0.2) is 0 Å². The Morgan fingerprint density at radius 3 is 2.75 bits per heavy atom. The molecule has 0 aliphatic heterocycles. The molecule has 0 bridgehead atoms. The van der Waals surface area contributed by atoms with Crippen molar-refractivity contribution in [3.63, 3.8) is 0 Å². The van der Waals surface area contributed by atoms with Crippen molar-refractivity contribution in [1.29, 1.82) is 0 Å². The van der Waals surface area contributed by atoms with Crippen LogP contribution in [-0.4, -0.2) is 39.9 Å². The summed E-state index contributed by atoms with van der Waals surface area (Å²) in [5.41, 5.74) is 6.84. The molecule has 0 unspecified atom stereocenters. The number of anilines is 2. The average Bonchev–Trinajstić information content (AvgIpc) is 2.44. The molecule has 1 aromatic carbocycles. The number of nitrogens with two attached hydrogens (primary N) is 1. The maximum atomic E-state index is 11.8. The quantitative estimate of drug-likeness (QED) is 0.531. The molecule has 1 rings (SSSR count). The van der Waals surface area contributed by atoms with Crippen LogP contribution in [-0.2, 0) is 14.3 Å². The molecule has 0 spiro atoms. The van der Waals surface area contributed by atoms with Crippen molar-refractivity contribution >= 4 is 17.3 Å². The summed E-state index contributed by atoms with van der Waals surface area (Å²) in [5, 5.41) is 2.77. The van der Waals surface area contributed by atoms with E-state index in [1.807, 2.05) is 0 Å². The summed E-state index contributed by atoms with van der Waals surface area (Å²) >= 11 is 0. The van der Waals surface area contributed by atoms with Gasteiger partial charge in [0.05, 0.1) is 25.8 Å². The van der Waals surface area contributed by atoms with E-state index >= 15 is 0 Å². The third-order valence-electron chi connectivity index (χ3n) is 2.61. The second-order valence-electron chi connectivity index (χ2n) is 4.22. The van der Waals surface area contributed by atoms with Crippen molar-refractivity contribution in [1.82, 2.24) is 0 Å². The molecule has 0 fully saturated rings. The van der Waals surface area contributed by atoms with Gasteiger partial charge < -0.3 is 25.3 Å². The summed E-state index contributed by atoms with van der Waals surface area (Å²) in [5.74, 6) is 0.416. The predicted octanol–water partition coefficient (Wildman–Crippen LogP) is 1.66. The van der Waals surface area contributed by atoms with Gasteiger partial charge in [0.15, 0.2) is 0 Å². The molecule has 0 saturated heterocycles. The molecule has 6 heteroatoms. The van der Waals surface area contributed by atoms with E-state index < -0.39 is 0 Å². The van der Waals surface area contributed by atoms with E-state index in [-0.39, 0.29) is 5.91 Å². The number of nitrogen functional groups attached to an aromatic ring is 1. The maximum absolute atomic E-state index is 11.8. The number of nitrogens with one attached hydrogen (secondary N) is 1. The van der Waals surface area contributed by atoms with E-state index in [0.29, 0.717) is 43.4 Å². The average molecular weight is 282 g/mol. The number of hydrogen-bond acceptors (Lipinski definition) is 5. The number of amides is 1. The van der Waals surface area contributed by atoms with Gasteiger partial charge >= 0.3 is 0 Å². The fraction of sp³-hybridized carbons (Fsp3) is 0.500. The Labute approximate surface area is 119 Å². The van der Waals surface area contributed by atoms with E-state index in [0.717, 1.165) is 6.42 Å². The second-order valence-corrected chi connectivity index (χ2v) is 4.22. The first-order valence-electron chi connectivity index (χ1n) is 6.47. The molecule has 0 atom stereocenters. The third-order valence-corrected chi connectivity index (χ3v) is 2.61. The molecule has 0 radical (unpaired) electrons. The standard InChI is InChI=1S/C14H22N2O4/c1-18-7-3-8-20-9-6-14(17)16-12-5-4-11(15)10-13(12)19-2/h4-5,10H,3,6-9,15H2,1-2H3,(H,16,17). The topological polar surface area (TPSA) is 82.8 Å². The lowest BCUT2D eigenvalue weighted by Gasteiger charge is -2.11. The highest BCUT2D eigenvalue weighted by atomic mass is 16.5. The number of carbonyl (C=O) groups excluding carboxylic acids is 1. The Hall–Kier alpha value is -1.79. The van der Waals surface area contributed by atoms with Crippen LogP contribution in [0, 0.1) is 0 Å². The monoisotopic (exact) mass is 282 g/mol. The summed E-state index contributed by atoms with van der Waals surface area (Å²) in [4.78, 5) is 11.8. The van der Waals surface area contributed by atoms with Crippen molar-refractivity contribution in [2.45, 2.75) is 12.8 Å². The van der Waals surface area contributed by atoms with Crippen LogP contribution in [0.3, 0.4) is 0 Å². The SMILES string of the molecule is COCCCOCCC(=O)Nc1ccc(N)cc1OC. The van der Waals surface area contributed by atoms with Crippen LogP contribution in [0.4, 0.5) is 11.4 Å². The first-order chi connectivity index (χ1) is 9.67. The lowest BCUT2D eigenvalue weighted by Crippen LogP contribution is -2.15. The highest BCUT2D eigenvalue weighted by Crippen LogP contribution is 2.26. The minimum Gasteiger partial charge on any atom is -0.494 e. The molecule has 0 aliphatic rings. The van der Waals surface area contributed by atoms with E-state index in [9.17, 15) is 4.79 Å². The zero-order chi connectivity index (χ0) is 14.8. The third kappa shape index (κ3) is 5.90. The van der Waals surface area contributed by atoms with Gasteiger partial charge in [-0.3, -0.25) is 4.79 Å². The number of methoxy groups -OCH3 is 2. The minimum atomic E-state index is -0.125. The van der Waals surface area contributed by atoms with E-state index in [2.05, 4.69) is 5.32 Å². The highest BCUT2D eigenvalue weighted by molar-refractivity contribution is 5.92. The molecule has 3 N–H and O–H groups in total. The molecule has 0 saturated carbocycles. The van der Waals surface area contributed by atoms with Gasteiger partial charge in [-0.1, -0.05) is 0 Å². The summed E-state index contributed by atoms with van der Waals surface area (Å²) in [7, 11) is 3.18. The van der Waals surface area contributed by atoms with Crippen LogP contribution in [0.1, 0.15) is 12.8 Å². The second kappa shape index (κ2) is 9.17. The number of benzene rings is 1. The minimum absolute atomic E-state index is 0.125. The smallest absolute Gasteiger partial charge is 0.226 e. The van der Waals surface area contributed by atoms with E-state index in [4.69, 9.17) is 19.9 Å². The number of carbonyl (C=O) groups is 1. The number of rotatable bonds is 9.